The van der Waals surface area contributed by atoms with E-state index in [1.807, 2.05) is 0 Å². The predicted octanol–water partition coefficient (Wildman–Crippen LogP) is 6.66. The number of Topliss-reactive ketones (excluding diaryl/α,β-unsaturated/α-hetero) is 2. The maximum Gasteiger partial charge on any atom is 0.455 e. The number of ketones is 2. The molecule has 44 heavy (non-hydrogen) atoms. The first-order chi connectivity index (χ1) is 20.9. The van der Waals surface area contributed by atoms with E-state index < -0.39 is 42.3 Å². The molecular weight excluding hydrogens is 649 g/mol. The number of alkyl halides is 3. The Kier molecular flexibility index (Phi) is 9.09. The maximum absolute atomic E-state index is 15.3. The molecule has 0 spiro atoms. The van der Waals surface area contributed by atoms with Gasteiger partial charge in [0, 0.05) is 40.2 Å². The maximum atomic E-state index is 15.3. The van der Waals surface area contributed by atoms with E-state index in [9.17, 15) is 22.8 Å². The third kappa shape index (κ3) is 7.12. The smallest absolute Gasteiger partial charge is 0.294 e. The summed E-state index contributed by atoms with van der Waals surface area (Å²) in [6.07, 6.45) is -3.72. The third-order valence-corrected chi connectivity index (χ3v) is 7.07. The Balaban J connectivity index is 1.47. The summed E-state index contributed by atoms with van der Waals surface area (Å²) in [5.74, 6) is -3.44. The van der Waals surface area contributed by atoms with Crippen LogP contribution in [0.15, 0.2) is 60.8 Å². The summed E-state index contributed by atoms with van der Waals surface area (Å²) < 4.78 is 55.2. The number of tetrazole rings is 1. The van der Waals surface area contributed by atoms with Crippen molar-refractivity contribution in [1.29, 1.82) is 0 Å². The highest BCUT2D eigenvalue weighted by Crippen LogP contribution is 2.27. The number of benzene rings is 2. The normalized spacial score (nSPS) is 11.6. The molecule has 3 aromatic heterocycles. The lowest BCUT2D eigenvalue weighted by Gasteiger charge is -2.12. The van der Waals surface area contributed by atoms with Gasteiger partial charge in [-0.2, -0.15) is 23.1 Å². The van der Waals surface area contributed by atoms with Crippen LogP contribution in [-0.2, 0) is 25.6 Å². The first-order valence-electron chi connectivity index (χ1n) is 12.7. The Hall–Kier alpha value is -4.20. The average Bonchev–Trinajstić information content (AvgIpc) is 3.61. The van der Waals surface area contributed by atoms with Gasteiger partial charge in [0.15, 0.2) is 17.4 Å². The van der Waals surface area contributed by atoms with Crippen LogP contribution in [-0.4, -0.2) is 46.5 Å². The van der Waals surface area contributed by atoms with Crippen molar-refractivity contribution < 1.29 is 27.2 Å². The Labute approximate surface area is 261 Å². The van der Waals surface area contributed by atoms with Gasteiger partial charge >= 0.3 is 6.18 Å². The molecule has 5 rings (SSSR count). The highest BCUT2D eigenvalue weighted by atomic mass is 35.5. The summed E-state index contributed by atoms with van der Waals surface area (Å²) in [6, 6.07) is 13.5. The molecule has 0 aliphatic rings. The van der Waals surface area contributed by atoms with Crippen LogP contribution in [0, 0.1) is 5.82 Å². The molecule has 0 radical (unpaired) electrons. The van der Waals surface area contributed by atoms with Crippen molar-refractivity contribution >= 4 is 46.4 Å². The summed E-state index contributed by atoms with van der Waals surface area (Å²) in [4.78, 5) is 31.7. The fourth-order valence-corrected chi connectivity index (χ4v) is 4.96. The van der Waals surface area contributed by atoms with E-state index in [1.165, 1.54) is 24.4 Å². The van der Waals surface area contributed by atoms with Gasteiger partial charge in [-0.15, -0.1) is 10.2 Å². The van der Waals surface area contributed by atoms with Gasteiger partial charge in [0.05, 0.1) is 10.7 Å². The Morgan fingerprint density at radius 3 is 2.41 bits per heavy atom. The number of hydrogen-bond acceptors (Lipinski definition) is 7. The fraction of sp³-hybridized carbons (Fsp3) is 0.179. The number of aryl methyl sites for hydroxylation is 1. The van der Waals surface area contributed by atoms with Crippen LogP contribution in [0.4, 0.5) is 17.6 Å². The molecule has 0 atom stereocenters. The zero-order valence-electron chi connectivity index (χ0n) is 22.2. The number of rotatable bonds is 10. The standard InChI is InChI=1S/C28H18Cl3F4N7O2/c29-16-4-1-3-15(9-16)6-7-24(43)20-10-17(30)11-22(32)19(20)13-25(44)23-12-18(14-41-39-27(37-40-41)28(33,34)35)38-42(23)26-21(31)5-2-8-36-26/h1-5,8-12H,6-7,13-14H2. The molecule has 2 aromatic carbocycles. The molecule has 226 valence electrons. The molecule has 0 aliphatic carbocycles. The molecule has 9 nitrogen and oxygen atoms in total. The topological polar surface area (TPSA) is 108 Å². The third-order valence-electron chi connectivity index (χ3n) is 6.32. The van der Waals surface area contributed by atoms with Gasteiger partial charge in [0.1, 0.15) is 18.1 Å². The Bertz CT molecular complexity index is 1870. The second kappa shape index (κ2) is 12.8. The molecule has 0 unspecified atom stereocenters. The van der Waals surface area contributed by atoms with Gasteiger partial charge in [-0.1, -0.05) is 46.9 Å². The zero-order chi connectivity index (χ0) is 31.6. The second-order valence-electron chi connectivity index (χ2n) is 9.45. The molecule has 0 saturated heterocycles. The van der Waals surface area contributed by atoms with Crippen LogP contribution in [0.2, 0.25) is 15.1 Å². The van der Waals surface area contributed by atoms with Gasteiger partial charge in [-0.3, -0.25) is 9.59 Å². The van der Waals surface area contributed by atoms with E-state index >= 15 is 4.39 Å². The van der Waals surface area contributed by atoms with Crippen molar-refractivity contribution in [3.05, 3.63) is 116 Å². The van der Waals surface area contributed by atoms with Crippen molar-refractivity contribution in [3.8, 4) is 5.82 Å². The molecular formula is C28H18Cl3F4N7O2. The van der Waals surface area contributed by atoms with E-state index in [-0.39, 0.29) is 44.8 Å². The number of carbonyl (C=O) groups excluding carboxylic acids is 2. The second-order valence-corrected chi connectivity index (χ2v) is 10.7. The van der Waals surface area contributed by atoms with Gasteiger partial charge < -0.3 is 0 Å². The van der Waals surface area contributed by atoms with Crippen LogP contribution in [0.3, 0.4) is 0 Å². The van der Waals surface area contributed by atoms with E-state index in [0.29, 0.717) is 16.2 Å². The van der Waals surface area contributed by atoms with Gasteiger partial charge in [0.2, 0.25) is 0 Å². The van der Waals surface area contributed by atoms with Crippen molar-refractivity contribution in [2.75, 3.05) is 0 Å². The quantitative estimate of drug-likeness (QED) is 0.121. The molecule has 5 aromatic rings. The molecule has 0 aliphatic heterocycles. The van der Waals surface area contributed by atoms with Crippen molar-refractivity contribution in [3.63, 3.8) is 0 Å². The largest absolute Gasteiger partial charge is 0.455 e. The number of nitrogens with zero attached hydrogens (tertiary/aromatic N) is 7. The summed E-state index contributed by atoms with van der Waals surface area (Å²) in [7, 11) is 0. The molecule has 0 saturated carbocycles. The van der Waals surface area contributed by atoms with Crippen molar-refractivity contribution in [2.45, 2.75) is 32.0 Å². The highest BCUT2D eigenvalue weighted by molar-refractivity contribution is 6.32. The molecule has 0 fully saturated rings. The monoisotopic (exact) mass is 665 g/mol. The summed E-state index contributed by atoms with van der Waals surface area (Å²) in [5, 5.41) is 14.5. The highest BCUT2D eigenvalue weighted by Gasteiger charge is 2.37. The van der Waals surface area contributed by atoms with E-state index in [4.69, 9.17) is 34.8 Å². The minimum atomic E-state index is -4.81. The first kappa shape index (κ1) is 31.2. The van der Waals surface area contributed by atoms with Gasteiger partial charge in [0.25, 0.3) is 5.82 Å². The fourth-order valence-electron chi connectivity index (χ4n) is 4.34. The number of aromatic nitrogens is 7. The van der Waals surface area contributed by atoms with E-state index in [2.05, 4.69) is 25.5 Å². The summed E-state index contributed by atoms with van der Waals surface area (Å²) in [5.41, 5.74) is 0.446. The van der Waals surface area contributed by atoms with Crippen molar-refractivity contribution in [1.82, 2.24) is 35.0 Å². The lowest BCUT2D eigenvalue weighted by molar-refractivity contribution is -0.145. The molecule has 3 heterocycles. The Morgan fingerprint density at radius 1 is 0.909 bits per heavy atom. The van der Waals surface area contributed by atoms with E-state index in [0.717, 1.165) is 16.3 Å². The van der Waals surface area contributed by atoms with Crippen LogP contribution < -0.4 is 0 Å². The van der Waals surface area contributed by atoms with Gasteiger partial charge in [-0.05, 0) is 59.7 Å². The SMILES string of the molecule is O=C(CCc1cccc(Cl)c1)c1cc(Cl)cc(F)c1CC(=O)c1cc(Cn2nnc(C(F)(F)F)n2)nn1-c1ncccc1Cl. The van der Waals surface area contributed by atoms with Crippen molar-refractivity contribution in [2.24, 2.45) is 0 Å². The number of halogens is 7. The molecule has 0 N–H and O–H groups in total. The molecule has 0 amide bonds. The summed E-state index contributed by atoms with van der Waals surface area (Å²) in [6.45, 7) is -0.399. The number of hydrogen-bond donors (Lipinski definition) is 0. The number of carbonyl (C=O) groups is 2. The molecule has 0 bridgehead atoms. The minimum absolute atomic E-state index is 0.0161. The Morgan fingerprint density at radius 2 is 1.70 bits per heavy atom. The lowest BCUT2D eigenvalue weighted by atomic mass is 9.94. The number of pyridine rings is 1. The lowest BCUT2D eigenvalue weighted by Crippen LogP contribution is -2.16. The van der Waals surface area contributed by atoms with Gasteiger partial charge in [-0.25, -0.2) is 14.1 Å². The predicted molar refractivity (Wildman–Crippen MR) is 152 cm³/mol. The zero-order valence-corrected chi connectivity index (χ0v) is 24.5. The van der Waals surface area contributed by atoms with E-state index in [1.54, 1.807) is 30.3 Å². The minimum Gasteiger partial charge on any atom is -0.294 e. The van der Waals surface area contributed by atoms with Crippen LogP contribution in [0.5, 0.6) is 0 Å². The first-order valence-corrected chi connectivity index (χ1v) is 13.9. The van der Waals surface area contributed by atoms with Crippen LogP contribution >= 0.6 is 34.8 Å². The molecule has 16 heteroatoms. The van der Waals surface area contributed by atoms with Crippen LogP contribution in [0.1, 0.15) is 49.9 Å². The van der Waals surface area contributed by atoms with Crippen LogP contribution in [0.25, 0.3) is 5.82 Å². The summed E-state index contributed by atoms with van der Waals surface area (Å²) >= 11 is 18.4. The average molecular weight is 667 g/mol.